The molecule has 0 bridgehead atoms. The van der Waals surface area contributed by atoms with Crippen LogP contribution >= 0.6 is 0 Å². The van der Waals surface area contributed by atoms with Gasteiger partial charge in [0.05, 0.1) is 17.3 Å². The van der Waals surface area contributed by atoms with Crippen LogP contribution in [-0.4, -0.2) is 51.5 Å². The van der Waals surface area contributed by atoms with E-state index in [0.717, 1.165) is 38.9 Å². The summed E-state index contributed by atoms with van der Waals surface area (Å²) in [5, 5.41) is 17.1. The first-order valence-corrected chi connectivity index (χ1v) is 7.54. The van der Waals surface area contributed by atoms with Crippen molar-refractivity contribution in [2.24, 2.45) is 0 Å². The van der Waals surface area contributed by atoms with Crippen molar-refractivity contribution >= 4 is 5.97 Å². The summed E-state index contributed by atoms with van der Waals surface area (Å²) in [6.07, 6.45) is 4.10. The number of aromatic carboxylic acids is 1. The molecule has 3 heterocycles. The lowest BCUT2D eigenvalue weighted by molar-refractivity contribution is -0.145. The molecule has 21 heavy (non-hydrogen) atoms. The first-order valence-electron chi connectivity index (χ1n) is 7.54. The molecule has 1 unspecified atom stereocenters. The van der Waals surface area contributed by atoms with E-state index in [1.165, 1.54) is 0 Å². The number of nitrogens with zero attached hydrogens (tertiary/aromatic N) is 3. The van der Waals surface area contributed by atoms with Gasteiger partial charge in [0.1, 0.15) is 0 Å². The number of hydrogen-bond donors (Lipinski definition) is 1. The van der Waals surface area contributed by atoms with Gasteiger partial charge in [-0.1, -0.05) is 12.1 Å². The minimum Gasteiger partial charge on any atom is -0.476 e. The van der Waals surface area contributed by atoms with Crippen LogP contribution in [0.3, 0.4) is 0 Å². The standard InChI is InChI=1S/C14H21N3O4/c1-2-11-12(13(18)19)15-16-17(11)10-3-6-21-14(9-10)4-7-20-8-5-14/h10H,2-9H2,1H3,(H,18,19). The minimum atomic E-state index is -1.01. The van der Waals surface area contributed by atoms with E-state index in [1.807, 2.05) is 11.6 Å². The van der Waals surface area contributed by atoms with Crippen LogP contribution in [0.1, 0.15) is 54.8 Å². The summed E-state index contributed by atoms with van der Waals surface area (Å²) in [5.74, 6) is -1.01. The van der Waals surface area contributed by atoms with Gasteiger partial charge in [-0.05, 0) is 32.1 Å². The van der Waals surface area contributed by atoms with E-state index in [4.69, 9.17) is 9.47 Å². The minimum absolute atomic E-state index is 0.0741. The van der Waals surface area contributed by atoms with E-state index >= 15 is 0 Å². The van der Waals surface area contributed by atoms with Crippen molar-refractivity contribution < 1.29 is 19.4 Å². The number of hydrogen-bond acceptors (Lipinski definition) is 5. The molecule has 0 amide bonds. The lowest BCUT2D eigenvalue weighted by Crippen LogP contribution is -2.45. The quantitative estimate of drug-likeness (QED) is 0.908. The van der Waals surface area contributed by atoms with E-state index in [-0.39, 0.29) is 17.3 Å². The van der Waals surface area contributed by atoms with E-state index in [9.17, 15) is 9.90 Å². The lowest BCUT2D eigenvalue weighted by atomic mass is 9.84. The van der Waals surface area contributed by atoms with Crippen LogP contribution in [0.5, 0.6) is 0 Å². The Labute approximate surface area is 123 Å². The molecule has 1 atom stereocenters. The molecule has 2 aliphatic rings. The van der Waals surface area contributed by atoms with Gasteiger partial charge in [-0.3, -0.25) is 0 Å². The zero-order valence-corrected chi connectivity index (χ0v) is 12.2. The maximum Gasteiger partial charge on any atom is 0.358 e. The Morgan fingerprint density at radius 2 is 2.19 bits per heavy atom. The van der Waals surface area contributed by atoms with Crippen LogP contribution in [-0.2, 0) is 15.9 Å². The van der Waals surface area contributed by atoms with Crippen LogP contribution in [0.15, 0.2) is 0 Å². The third kappa shape index (κ3) is 2.67. The van der Waals surface area contributed by atoms with Gasteiger partial charge in [-0.25, -0.2) is 9.48 Å². The molecule has 2 aliphatic heterocycles. The molecule has 1 aromatic heterocycles. The van der Waals surface area contributed by atoms with Gasteiger partial charge < -0.3 is 14.6 Å². The van der Waals surface area contributed by atoms with Crippen LogP contribution < -0.4 is 0 Å². The molecule has 7 heteroatoms. The van der Waals surface area contributed by atoms with Crippen molar-refractivity contribution in [3.8, 4) is 0 Å². The van der Waals surface area contributed by atoms with E-state index in [0.29, 0.717) is 18.7 Å². The Morgan fingerprint density at radius 1 is 1.43 bits per heavy atom. The van der Waals surface area contributed by atoms with Crippen LogP contribution in [0.4, 0.5) is 0 Å². The molecular formula is C14H21N3O4. The van der Waals surface area contributed by atoms with Crippen molar-refractivity contribution in [3.63, 3.8) is 0 Å². The summed E-state index contributed by atoms with van der Waals surface area (Å²) in [6.45, 7) is 4.07. The second-order valence-electron chi connectivity index (χ2n) is 5.78. The van der Waals surface area contributed by atoms with Crippen LogP contribution in [0.25, 0.3) is 0 Å². The van der Waals surface area contributed by atoms with Gasteiger partial charge in [0, 0.05) is 19.8 Å². The highest BCUT2D eigenvalue weighted by atomic mass is 16.5. The predicted molar refractivity (Wildman–Crippen MR) is 73.4 cm³/mol. The molecule has 0 aliphatic carbocycles. The monoisotopic (exact) mass is 295 g/mol. The fourth-order valence-electron chi connectivity index (χ4n) is 3.40. The number of aromatic nitrogens is 3. The maximum atomic E-state index is 11.2. The number of carbonyl (C=O) groups is 1. The lowest BCUT2D eigenvalue weighted by Gasteiger charge is -2.43. The number of carboxylic acid groups (broad SMARTS) is 1. The summed E-state index contributed by atoms with van der Waals surface area (Å²) in [7, 11) is 0. The third-order valence-corrected chi connectivity index (χ3v) is 4.55. The third-order valence-electron chi connectivity index (χ3n) is 4.55. The second-order valence-corrected chi connectivity index (χ2v) is 5.78. The molecule has 1 aromatic rings. The smallest absolute Gasteiger partial charge is 0.358 e. The Hall–Kier alpha value is -1.47. The summed E-state index contributed by atoms with van der Waals surface area (Å²) in [5.41, 5.74) is 0.642. The summed E-state index contributed by atoms with van der Waals surface area (Å²) < 4.78 is 13.3. The van der Waals surface area contributed by atoms with Gasteiger partial charge in [-0.15, -0.1) is 5.10 Å². The van der Waals surface area contributed by atoms with Crippen molar-refractivity contribution in [2.45, 2.75) is 50.7 Å². The van der Waals surface area contributed by atoms with Crippen LogP contribution in [0, 0.1) is 0 Å². The molecule has 1 N–H and O–H groups in total. The summed E-state index contributed by atoms with van der Waals surface area (Å²) in [4.78, 5) is 11.2. The second kappa shape index (κ2) is 5.73. The van der Waals surface area contributed by atoms with Gasteiger partial charge in [0.15, 0.2) is 5.69 Å². The average molecular weight is 295 g/mol. The molecule has 0 radical (unpaired) electrons. The van der Waals surface area contributed by atoms with Crippen LogP contribution in [0.2, 0.25) is 0 Å². The molecule has 2 saturated heterocycles. The Bertz CT molecular complexity index is 517. The van der Waals surface area contributed by atoms with E-state index in [1.54, 1.807) is 0 Å². The zero-order valence-electron chi connectivity index (χ0n) is 12.2. The van der Waals surface area contributed by atoms with Gasteiger partial charge in [0.25, 0.3) is 0 Å². The van der Waals surface area contributed by atoms with E-state index < -0.39 is 5.97 Å². The molecule has 2 fully saturated rings. The normalized spacial score (nSPS) is 25.1. The Balaban J connectivity index is 1.84. The average Bonchev–Trinajstić information content (AvgIpc) is 2.92. The van der Waals surface area contributed by atoms with Crippen molar-refractivity contribution in [2.75, 3.05) is 19.8 Å². The topological polar surface area (TPSA) is 86.5 Å². The van der Waals surface area contributed by atoms with Gasteiger partial charge in [-0.2, -0.15) is 0 Å². The molecule has 0 saturated carbocycles. The maximum absolute atomic E-state index is 11.2. The summed E-state index contributed by atoms with van der Waals surface area (Å²) >= 11 is 0. The van der Waals surface area contributed by atoms with Crippen molar-refractivity contribution in [3.05, 3.63) is 11.4 Å². The Kier molecular flexibility index (Phi) is 3.95. The summed E-state index contributed by atoms with van der Waals surface area (Å²) in [6, 6.07) is 0.160. The largest absolute Gasteiger partial charge is 0.476 e. The number of ether oxygens (including phenoxy) is 2. The molecule has 3 rings (SSSR count). The fourth-order valence-corrected chi connectivity index (χ4v) is 3.40. The zero-order chi connectivity index (χ0) is 14.9. The first kappa shape index (κ1) is 14.5. The SMILES string of the molecule is CCc1c(C(=O)O)nnn1C1CCOC2(CCOCC2)C1. The first-order chi connectivity index (χ1) is 10.2. The van der Waals surface area contributed by atoms with E-state index in [2.05, 4.69) is 10.3 Å². The Morgan fingerprint density at radius 3 is 2.86 bits per heavy atom. The molecule has 7 nitrogen and oxygen atoms in total. The predicted octanol–water partition coefficient (Wildman–Crippen LogP) is 1.44. The van der Waals surface area contributed by atoms with Crippen molar-refractivity contribution in [1.29, 1.82) is 0 Å². The molecule has 116 valence electrons. The highest BCUT2D eigenvalue weighted by Crippen LogP contribution is 2.39. The highest BCUT2D eigenvalue weighted by molar-refractivity contribution is 5.86. The molecule has 0 aromatic carbocycles. The van der Waals surface area contributed by atoms with Crippen molar-refractivity contribution in [1.82, 2.24) is 15.0 Å². The molecule has 1 spiro atoms. The highest BCUT2D eigenvalue weighted by Gasteiger charge is 2.40. The number of carboxylic acids is 1. The van der Waals surface area contributed by atoms with Gasteiger partial charge in [0.2, 0.25) is 0 Å². The number of rotatable bonds is 3. The van der Waals surface area contributed by atoms with Gasteiger partial charge >= 0.3 is 5.97 Å². The molecular weight excluding hydrogens is 274 g/mol. The fraction of sp³-hybridized carbons (Fsp3) is 0.786.